The molecule has 0 fully saturated rings. The zero-order valence-corrected chi connectivity index (χ0v) is 17.9. The molecule has 1 N–H and O–H groups in total. The summed E-state index contributed by atoms with van der Waals surface area (Å²) in [6, 6.07) is 6.53. The van der Waals surface area contributed by atoms with Crippen molar-refractivity contribution in [3.63, 3.8) is 0 Å². The van der Waals surface area contributed by atoms with E-state index in [2.05, 4.69) is 15.5 Å². The van der Waals surface area contributed by atoms with E-state index in [0.717, 1.165) is 0 Å². The highest BCUT2D eigenvalue weighted by Gasteiger charge is 2.24. The molecular formula is C20H22ClN3O6. The van der Waals surface area contributed by atoms with Crippen LogP contribution in [0.5, 0.6) is 23.0 Å². The van der Waals surface area contributed by atoms with Crippen LogP contribution in [0.15, 0.2) is 40.6 Å². The number of hydrogen-bond donors (Lipinski definition) is 1. The Morgan fingerprint density at radius 1 is 0.933 bits per heavy atom. The SMILES string of the molecule is COc1ccc(OC)c(N=NC(C(C)=O)C(=O)Nc2cc(OC)c(Cl)c(OC)c2)c1. The Morgan fingerprint density at radius 2 is 1.53 bits per heavy atom. The van der Waals surface area contributed by atoms with E-state index in [4.69, 9.17) is 30.5 Å². The van der Waals surface area contributed by atoms with E-state index in [1.165, 1.54) is 47.5 Å². The standard InChI is InChI=1S/C20H22ClN3O6/c1-11(25)19(24-23-14-10-13(27-2)6-7-15(14)28-3)20(26)22-12-8-16(29-4)18(21)17(9-12)30-5/h6-10,19H,1-5H3,(H,22,26). The molecule has 10 heteroatoms. The molecule has 0 aliphatic rings. The Morgan fingerprint density at radius 3 is 2.03 bits per heavy atom. The molecule has 0 spiro atoms. The minimum Gasteiger partial charge on any atom is -0.497 e. The van der Waals surface area contributed by atoms with Gasteiger partial charge in [-0.2, -0.15) is 10.2 Å². The number of anilines is 1. The molecule has 30 heavy (non-hydrogen) atoms. The second-order valence-electron chi connectivity index (χ2n) is 5.95. The minimum atomic E-state index is -1.38. The molecule has 1 atom stereocenters. The molecule has 0 bridgehead atoms. The van der Waals surface area contributed by atoms with Crippen molar-refractivity contribution < 1.29 is 28.5 Å². The number of halogens is 1. The number of nitrogens with zero attached hydrogens (tertiary/aromatic N) is 2. The maximum Gasteiger partial charge on any atom is 0.258 e. The van der Waals surface area contributed by atoms with Crippen molar-refractivity contribution >= 4 is 34.7 Å². The van der Waals surface area contributed by atoms with Crippen molar-refractivity contribution in [1.29, 1.82) is 0 Å². The van der Waals surface area contributed by atoms with Gasteiger partial charge in [0.25, 0.3) is 5.91 Å². The van der Waals surface area contributed by atoms with Crippen LogP contribution in [0.3, 0.4) is 0 Å². The van der Waals surface area contributed by atoms with Crippen LogP contribution in [0.1, 0.15) is 6.92 Å². The highest BCUT2D eigenvalue weighted by molar-refractivity contribution is 6.33. The lowest BCUT2D eigenvalue weighted by atomic mass is 10.2. The molecule has 0 heterocycles. The van der Waals surface area contributed by atoms with E-state index in [1.807, 2.05) is 0 Å². The van der Waals surface area contributed by atoms with Crippen molar-refractivity contribution in [1.82, 2.24) is 0 Å². The van der Waals surface area contributed by atoms with Crippen LogP contribution in [0, 0.1) is 0 Å². The number of ketones is 1. The van der Waals surface area contributed by atoms with Crippen molar-refractivity contribution in [2.24, 2.45) is 10.2 Å². The maximum atomic E-state index is 12.7. The van der Waals surface area contributed by atoms with E-state index < -0.39 is 17.7 Å². The van der Waals surface area contributed by atoms with E-state index in [-0.39, 0.29) is 5.02 Å². The third-order valence-corrected chi connectivity index (χ3v) is 4.39. The van der Waals surface area contributed by atoms with Crippen molar-refractivity contribution in [3.05, 3.63) is 35.4 Å². The molecule has 0 radical (unpaired) electrons. The van der Waals surface area contributed by atoms with Gasteiger partial charge in [0, 0.05) is 23.9 Å². The van der Waals surface area contributed by atoms with Gasteiger partial charge in [0.05, 0.1) is 28.4 Å². The number of azo groups is 1. The molecule has 0 aliphatic carbocycles. The van der Waals surface area contributed by atoms with E-state index in [1.54, 1.807) is 18.2 Å². The smallest absolute Gasteiger partial charge is 0.258 e. The Bertz CT molecular complexity index is 939. The maximum absolute atomic E-state index is 12.7. The molecule has 160 valence electrons. The van der Waals surface area contributed by atoms with Crippen LogP contribution >= 0.6 is 11.6 Å². The summed E-state index contributed by atoms with van der Waals surface area (Å²) in [5.74, 6) is 0.357. The van der Waals surface area contributed by atoms with Crippen LogP contribution in [0.2, 0.25) is 5.02 Å². The topological polar surface area (TPSA) is 108 Å². The zero-order chi connectivity index (χ0) is 22.3. The monoisotopic (exact) mass is 435 g/mol. The number of carbonyl (C=O) groups is 2. The largest absolute Gasteiger partial charge is 0.497 e. The molecule has 1 amide bonds. The van der Waals surface area contributed by atoms with Gasteiger partial charge in [-0.05, 0) is 19.1 Å². The quantitative estimate of drug-likeness (QED) is 0.470. The van der Waals surface area contributed by atoms with Gasteiger partial charge < -0.3 is 24.3 Å². The number of carbonyl (C=O) groups excluding carboxylic acids is 2. The predicted octanol–water partition coefficient (Wildman–Crippen LogP) is 4.05. The molecule has 0 saturated carbocycles. The lowest BCUT2D eigenvalue weighted by molar-refractivity contribution is -0.126. The van der Waals surface area contributed by atoms with E-state index >= 15 is 0 Å². The number of hydrogen-bond acceptors (Lipinski definition) is 8. The fraction of sp³-hybridized carbons (Fsp3) is 0.300. The first kappa shape index (κ1) is 23.0. The normalized spacial score (nSPS) is 11.7. The summed E-state index contributed by atoms with van der Waals surface area (Å²) in [5, 5.41) is 10.8. The van der Waals surface area contributed by atoms with Gasteiger partial charge in [-0.3, -0.25) is 9.59 Å². The van der Waals surface area contributed by atoms with Crippen LogP contribution in [0.4, 0.5) is 11.4 Å². The average Bonchev–Trinajstić information content (AvgIpc) is 2.74. The van der Waals surface area contributed by atoms with Gasteiger partial charge in [0.15, 0.2) is 5.78 Å². The van der Waals surface area contributed by atoms with Gasteiger partial charge in [0.2, 0.25) is 6.04 Å². The number of methoxy groups -OCH3 is 4. The van der Waals surface area contributed by atoms with Crippen molar-refractivity contribution in [2.75, 3.05) is 33.8 Å². The van der Waals surface area contributed by atoms with Crippen molar-refractivity contribution in [3.8, 4) is 23.0 Å². The minimum absolute atomic E-state index is 0.255. The van der Waals surface area contributed by atoms with Crippen LogP contribution in [0.25, 0.3) is 0 Å². The number of ether oxygens (including phenoxy) is 4. The summed E-state index contributed by atoms with van der Waals surface area (Å²) >= 11 is 6.13. The highest BCUT2D eigenvalue weighted by atomic mass is 35.5. The van der Waals surface area contributed by atoms with Crippen LogP contribution < -0.4 is 24.3 Å². The Balaban J connectivity index is 2.30. The summed E-state index contributed by atoms with van der Waals surface area (Å²) in [6.07, 6.45) is 0. The third kappa shape index (κ3) is 5.38. The third-order valence-electron chi connectivity index (χ3n) is 4.01. The summed E-state index contributed by atoms with van der Waals surface area (Å²) in [6.45, 7) is 1.25. The van der Waals surface area contributed by atoms with Crippen LogP contribution in [-0.2, 0) is 9.59 Å². The fourth-order valence-corrected chi connectivity index (χ4v) is 2.73. The number of Topliss-reactive ketones (excluding diaryl/α,β-unsaturated/α-hetero) is 1. The molecule has 2 aromatic carbocycles. The molecule has 1 unspecified atom stereocenters. The molecule has 0 saturated heterocycles. The second kappa shape index (κ2) is 10.4. The highest BCUT2D eigenvalue weighted by Crippen LogP contribution is 2.37. The average molecular weight is 436 g/mol. The summed E-state index contributed by atoms with van der Waals surface area (Å²) < 4.78 is 20.7. The van der Waals surface area contributed by atoms with E-state index in [9.17, 15) is 9.59 Å². The lowest BCUT2D eigenvalue weighted by Crippen LogP contribution is -2.31. The summed E-state index contributed by atoms with van der Waals surface area (Å²) in [4.78, 5) is 24.7. The Labute approximate surface area is 178 Å². The fourth-order valence-electron chi connectivity index (χ4n) is 2.47. The predicted molar refractivity (Wildman–Crippen MR) is 112 cm³/mol. The molecule has 9 nitrogen and oxygen atoms in total. The van der Waals surface area contributed by atoms with Crippen LogP contribution in [-0.4, -0.2) is 46.2 Å². The van der Waals surface area contributed by atoms with Gasteiger partial charge in [0.1, 0.15) is 33.7 Å². The number of amides is 1. The molecule has 0 aliphatic heterocycles. The molecular weight excluding hydrogens is 414 g/mol. The Kier molecular flexibility index (Phi) is 7.99. The lowest BCUT2D eigenvalue weighted by Gasteiger charge is -2.14. The van der Waals surface area contributed by atoms with Gasteiger partial charge in [-0.25, -0.2) is 0 Å². The first-order chi connectivity index (χ1) is 14.3. The van der Waals surface area contributed by atoms with Gasteiger partial charge in [-0.1, -0.05) is 11.6 Å². The Hall–Kier alpha value is -3.33. The summed E-state index contributed by atoms with van der Waals surface area (Å²) in [7, 11) is 5.83. The second-order valence-corrected chi connectivity index (χ2v) is 6.33. The van der Waals surface area contributed by atoms with Gasteiger partial charge in [-0.15, -0.1) is 0 Å². The zero-order valence-electron chi connectivity index (χ0n) is 17.2. The summed E-state index contributed by atoms with van der Waals surface area (Å²) in [5.41, 5.74) is 0.629. The number of nitrogens with one attached hydrogen (secondary N) is 1. The number of rotatable bonds is 9. The number of benzene rings is 2. The van der Waals surface area contributed by atoms with Crippen molar-refractivity contribution in [2.45, 2.75) is 13.0 Å². The van der Waals surface area contributed by atoms with E-state index in [0.29, 0.717) is 34.4 Å². The molecule has 0 aromatic heterocycles. The molecule has 2 aromatic rings. The first-order valence-corrected chi connectivity index (χ1v) is 9.08. The van der Waals surface area contributed by atoms with Gasteiger partial charge >= 0.3 is 0 Å². The first-order valence-electron chi connectivity index (χ1n) is 8.70. The molecule has 2 rings (SSSR count).